The Hall–Kier alpha value is -2.11. The predicted molar refractivity (Wildman–Crippen MR) is 73.1 cm³/mol. The van der Waals surface area contributed by atoms with Gasteiger partial charge in [-0.3, -0.25) is 9.78 Å². The lowest BCUT2D eigenvalue weighted by Gasteiger charge is -2.34. The Labute approximate surface area is 118 Å². The van der Waals surface area contributed by atoms with Crippen LogP contribution in [0.25, 0.3) is 0 Å². The minimum Gasteiger partial charge on any atom is -0.450 e. The van der Waals surface area contributed by atoms with E-state index in [0.717, 1.165) is 5.69 Å². The van der Waals surface area contributed by atoms with Gasteiger partial charge in [0.15, 0.2) is 0 Å². The summed E-state index contributed by atoms with van der Waals surface area (Å²) in [5, 5.41) is 0. The number of carbonyl (C=O) groups excluding carboxylic acids is 2. The largest absolute Gasteiger partial charge is 0.450 e. The summed E-state index contributed by atoms with van der Waals surface area (Å²) in [5.41, 5.74) is 0.769. The van der Waals surface area contributed by atoms with Crippen molar-refractivity contribution in [1.29, 1.82) is 0 Å². The van der Waals surface area contributed by atoms with Crippen molar-refractivity contribution in [3.05, 3.63) is 30.1 Å². The highest BCUT2D eigenvalue weighted by atomic mass is 16.6. The van der Waals surface area contributed by atoms with Crippen LogP contribution in [-0.4, -0.2) is 59.6 Å². The highest BCUT2D eigenvalue weighted by Gasteiger charge is 2.24. The molecule has 0 aromatic carbocycles. The summed E-state index contributed by atoms with van der Waals surface area (Å²) < 4.78 is 4.95. The second-order valence-corrected chi connectivity index (χ2v) is 4.56. The standard InChI is InChI=1S/C14H19N3O3/c1-2-20-14(19)17-9-7-16(8-10-17)13(18)11-12-5-3-4-6-15-12/h3-6H,2,7-11H2,1H3. The van der Waals surface area contributed by atoms with Gasteiger partial charge in [0.1, 0.15) is 0 Å². The smallest absolute Gasteiger partial charge is 0.409 e. The van der Waals surface area contributed by atoms with E-state index in [0.29, 0.717) is 39.2 Å². The number of rotatable bonds is 3. The molecular weight excluding hydrogens is 258 g/mol. The first-order valence-electron chi connectivity index (χ1n) is 6.80. The third kappa shape index (κ3) is 3.69. The van der Waals surface area contributed by atoms with E-state index >= 15 is 0 Å². The first-order chi connectivity index (χ1) is 9.70. The normalized spacial score (nSPS) is 15.1. The van der Waals surface area contributed by atoms with Crippen molar-refractivity contribution in [2.75, 3.05) is 32.8 Å². The number of hydrogen-bond acceptors (Lipinski definition) is 4. The zero-order chi connectivity index (χ0) is 14.4. The number of ether oxygens (including phenoxy) is 1. The van der Waals surface area contributed by atoms with Crippen LogP contribution >= 0.6 is 0 Å². The Kier molecular flexibility index (Phi) is 4.92. The SMILES string of the molecule is CCOC(=O)N1CCN(C(=O)Cc2ccccn2)CC1. The lowest BCUT2D eigenvalue weighted by atomic mass is 10.2. The second-order valence-electron chi connectivity index (χ2n) is 4.56. The van der Waals surface area contributed by atoms with Crippen molar-refractivity contribution >= 4 is 12.0 Å². The van der Waals surface area contributed by atoms with Crippen molar-refractivity contribution in [2.45, 2.75) is 13.3 Å². The van der Waals surface area contributed by atoms with Crippen LogP contribution in [0.2, 0.25) is 0 Å². The van der Waals surface area contributed by atoms with Gasteiger partial charge in [0.05, 0.1) is 13.0 Å². The molecule has 0 N–H and O–H groups in total. The van der Waals surface area contributed by atoms with Crippen LogP contribution in [0.5, 0.6) is 0 Å². The number of amides is 2. The summed E-state index contributed by atoms with van der Waals surface area (Å²) in [5.74, 6) is 0.0483. The van der Waals surface area contributed by atoms with Crippen molar-refractivity contribution in [1.82, 2.24) is 14.8 Å². The Morgan fingerprint density at radius 2 is 1.90 bits per heavy atom. The van der Waals surface area contributed by atoms with E-state index in [9.17, 15) is 9.59 Å². The molecular formula is C14H19N3O3. The first kappa shape index (κ1) is 14.3. The van der Waals surface area contributed by atoms with Gasteiger partial charge in [0.2, 0.25) is 5.91 Å². The second kappa shape index (κ2) is 6.88. The number of piperazine rings is 1. The molecule has 2 heterocycles. The summed E-state index contributed by atoms with van der Waals surface area (Å²) in [6.45, 7) is 4.29. The molecule has 1 aliphatic heterocycles. The van der Waals surface area contributed by atoms with E-state index < -0.39 is 0 Å². The summed E-state index contributed by atoms with van der Waals surface area (Å²) >= 11 is 0. The maximum Gasteiger partial charge on any atom is 0.409 e. The summed E-state index contributed by atoms with van der Waals surface area (Å²) in [6, 6.07) is 5.53. The van der Waals surface area contributed by atoms with E-state index in [2.05, 4.69) is 4.98 Å². The van der Waals surface area contributed by atoms with E-state index in [4.69, 9.17) is 4.74 Å². The Morgan fingerprint density at radius 3 is 2.50 bits per heavy atom. The van der Waals surface area contributed by atoms with Crippen molar-refractivity contribution in [3.8, 4) is 0 Å². The van der Waals surface area contributed by atoms with E-state index in [-0.39, 0.29) is 12.0 Å². The average Bonchev–Trinajstić information content (AvgIpc) is 2.48. The number of nitrogens with zero attached hydrogens (tertiary/aromatic N) is 3. The van der Waals surface area contributed by atoms with E-state index in [1.54, 1.807) is 22.9 Å². The molecule has 2 rings (SSSR count). The van der Waals surface area contributed by atoms with Crippen LogP contribution in [-0.2, 0) is 16.0 Å². The topological polar surface area (TPSA) is 62.7 Å². The van der Waals surface area contributed by atoms with Crippen LogP contribution in [0.15, 0.2) is 24.4 Å². The molecule has 2 amide bonds. The molecule has 6 heteroatoms. The predicted octanol–water partition coefficient (Wildman–Crippen LogP) is 0.925. The van der Waals surface area contributed by atoms with Gasteiger partial charge in [-0.2, -0.15) is 0 Å². The maximum atomic E-state index is 12.1. The minimum absolute atomic E-state index is 0.0483. The molecule has 0 spiro atoms. The van der Waals surface area contributed by atoms with Crippen molar-refractivity contribution < 1.29 is 14.3 Å². The molecule has 1 aliphatic rings. The zero-order valence-electron chi connectivity index (χ0n) is 11.6. The van der Waals surface area contributed by atoms with Gasteiger partial charge in [-0.15, -0.1) is 0 Å². The van der Waals surface area contributed by atoms with Gasteiger partial charge in [-0.05, 0) is 19.1 Å². The molecule has 0 aliphatic carbocycles. The fraction of sp³-hybridized carbons (Fsp3) is 0.500. The zero-order valence-corrected chi connectivity index (χ0v) is 11.6. The van der Waals surface area contributed by atoms with Crippen LogP contribution in [0.3, 0.4) is 0 Å². The number of aromatic nitrogens is 1. The van der Waals surface area contributed by atoms with Gasteiger partial charge < -0.3 is 14.5 Å². The van der Waals surface area contributed by atoms with Gasteiger partial charge in [-0.1, -0.05) is 6.07 Å². The molecule has 1 fully saturated rings. The summed E-state index contributed by atoms with van der Waals surface area (Å²) in [7, 11) is 0. The Morgan fingerprint density at radius 1 is 1.20 bits per heavy atom. The number of pyridine rings is 1. The fourth-order valence-electron chi connectivity index (χ4n) is 2.12. The van der Waals surface area contributed by atoms with Crippen LogP contribution in [0.1, 0.15) is 12.6 Å². The number of carbonyl (C=O) groups is 2. The molecule has 1 aromatic rings. The van der Waals surface area contributed by atoms with E-state index in [1.807, 2.05) is 18.2 Å². The molecule has 6 nitrogen and oxygen atoms in total. The summed E-state index contributed by atoms with van der Waals surface area (Å²) in [6.07, 6.45) is 1.69. The highest BCUT2D eigenvalue weighted by Crippen LogP contribution is 2.06. The lowest BCUT2D eigenvalue weighted by Crippen LogP contribution is -2.51. The molecule has 1 aromatic heterocycles. The molecule has 0 unspecified atom stereocenters. The van der Waals surface area contributed by atoms with Crippen LogP contribution in [0, 0.1) is 0 Å². The van der Waals surface area contributed by atoms with E-state index in [1.165, 1.54) is 0 Å². The average molecular weight is 277 g/mol. The van der Waals surface area contributed by atoms with Crippen molar-refractivity contribution in [3.63, 3.8) is 0 Å². The van der Waals surface area contributed by atoms with Crippen LogP contribution < -0.4 is 0 Å². The Bertz CT molecular complexity index is 456. The quantitative estimate of drug-likeness (QED) is 0.824. The minimum atomic E-state index is -0.302. The molecule has 108 valence electrons. The van der Waals surface area contributed by atoms with Gasteiger partial charge in [0, 0.05) is 38.1 Å². The Balaban J connectivity index is 1.81. The van der Waals surface area contributed by atoms with Gasteiger partial charge in [-0.25, -0.2) is 4.79 Å². The van der Waals surface area contributed by atoms with Crippen LogP contribution in [0.4, 0.5) is 4.79 Å². The molecule has 1 saturated heterocycles. The molecule has 0 radical (unpaired) electrons. The summed E-state index contributed by atoms with van der Waals surface area (Å²) in [4.78, 5) is 31.2. The fourth-order valence-corrected chi connectivity index (χ4v) is 2.12. The van der Waals surface area contributed by atoms with Crippen molar-refractivity contribution in [2.24, 2.45) is 0 Å². The number of hydrogen-bond donors (Lipinski definition) is 0. The molecule has 0 bridgehead atoms. The monoisotopic (exact) mass is 277 g/mol. The highest BCUT2D eigenvalue weighted by molar-refractivity contribution is 5.78. The molecule has 0 atom stereocenters. The molecule has 20 heavy (non-hydrogen) atoms. The third-order valence-corrected chi connectivity index (χ3v) is 3.22. The molecule has 0 saturated carbocycles. The van der Waals surface area contributed by atoms with Gasteiger partial charge >= 0.3 is 6.09 Å². The maximum absolute atomic E-state index is 12.1. The third-order valence-electron chi connectivity index (χ3n) is 3.22. The van der Waals surface area contributed by atoms with Gasteiger partial charge in [0.25, 0.3) is 0 Å². The lowest BCUT2D eigenvalue weighted by molar-refractivity contribution is -0.132. The first-order valence-corrected chi connectivity index (χ1v) is 6.80.